The minimum Gasteiger partial charge on any atom is -0.264 e. The summed E-state index contributed by atoms with van der Waals surface area (Å²) in [6.45, 7) is 0. The van der Waals surface area contributed by atoms with Gasteiger partial charge in [-0.25, -0.2) is 0 Å². The highest BCUT2D eigenvalue weighted by Gasteiger charge is 1.87. The minimum atomic E-state index is -4.67. The van der Waals surface area contributed by atoms with E-state index in [1.54, 1.807) is 0 Å². The molecule has 0 saturated heterocycles. The molecule has 1 aliphatic rings. The Morgan fingerprint density at radius 1 is 1.00 bits per heavy atom. The Kier molecular flexibility index (Phi) is 5.10. The molecule has 0 aliphatic heterocycles. The summed E-state index contributed by atoms with van der Waals surface area (Å²) in [5, 5.41) is 0. The summed E-state index contributed by atoms with van der Waals surface area (Å²) >= 11 is 0. The van der Waals surface area contributed by atoms with Crippen LogP contribution >= 0.6 is 0 Å². The number of rotatable bonds is 0. The van der Waals surface area contributed by atoms with Gasteiger partial charge in [0.05, 0.1) is 0 Å². The maximum atomic E-state index is 8.74. The SMILES string of the molecule is C1=CCCCC1.O=S(=O)(O)O. The predicted octanol–water partition coefficient (Wildman–Crippen LogP) is 1.46. The summed E-state index contributed by atoms with van der Waals surface area (Å²) in [5.41, 5.74) is 0. The van der Waals surface area contributed by atoms with E-state index in [9.17, 15) is 0 Å². The average Bonchev–Trinajstić information content (AvgIpc) is 1.88. The summed E-state index contributed by atoms with van der Waals surface area (Å²) in [7, 11) is -4.67. The Labute approximate surface area is 66.5 Å². The maximum Gasteiger partial charge on any atom is 0.394 e. The molecule has 0 bridgehead atoms. The lowest BCUT2D eigenvalue weighted by Crippen LogP contribution is -1.89. The van der Waals surface area contributed by atoms with Crippen molar-refractivity contribution in [3.63, 3.8) is 0 Å². The molecule has 0 atom stereocenters. The van der Waals surface area contributed by atoms with Gasteiger partial charge < -0.3 is 0 Å². The second-order valence-electron chi connectivity index (χ2n) is 2.20. The normalized spacial score (nSPS) is 16.9. The fraction of sp³-hybridized carbons (Fsp3) is 0.667. The quantitative estimate of drug-likeness (QED) is 0.437. The van der Waals surface area contributed by atoms with Gasteiger partial charge in [0.15, 0.2) is 0 Å². The first kappa shape index (κ1) is 10.6. The van der Waals surface area contributed by atoms with E-state index in [0.29, 0.717) is 0 Å². The van der Waals surface area contributed by atoms with E-state index >= 15 is 0 Å². The van der Waals surface area contributed by atoms with Crippen molar-refractivity contribution >= 4 is 10.4 Å². The van der Waals surface area contributed by atoms with Crippen molar-refractivity contribution < 1.29 is 17.5 Å². The third-order valence-electron chi connectivity index (χ3n) is 1.16. The van der Waals surface area contributed by atoms with Crippen LogP contribution in [0.15, 0.2) is 12.2 Å². The maximum absolute atomic E-state index is 8.74. The van der Waals surface area contributed by atoms with Gasteiger partial charge in [-0.15, -0.1) is 0 Å². The Morgan fingerprint density at radius 2 is 1.27 bits per heavy atom. The van der Waals surface area contributed by atoms with Crippen LogP contribution in [0.3, 0.4) is 0 Å². The van der Waals surface area contributed by atoms with Crippen LogP contribution in [0.4, 0.5) is 0 Å². The molecule has 0 saturated carbocycles. The molecule has 0 aromatic carbocycles. The second-order valence-corrected chi connectivity index (χ2v) is 3.10. The highest BCUT2D eigenvalue weighted by molar-refractivity contribution is 7.79. The van der Waals surface area contributed by atoms with Crippen LogP contribution in [0.5, 0.6) is 0 Å². The molecule has 5 heteroatoms. The summed E-state index contributed by atoms with van der Waals surface area (Å²) < 4.78 is 31.6. The molecule has 0 heterocycles. The van der Waals surface area contributed by atoms with E-state index in [1.807, 2.05) is 0 Å². The van der Waals surface area contributed by atoms with Crippen molar-refractivity contribution in [3.05, 3.63) is 12.2 Å². The van der Waals surface area contributed by atoms with Gasteiger partial charge in [-0.2, -0.15) is 8.42 Å². The van der Waals surface area contributed by atoms with Crippen LogP contribution in [-0.2, 0) is 10.4 Å². The van der Waals surface area contributed by atoms with Crippen molar-refractivity contribution in [1.29, 1.82) is 0 Å². The Morgan fingerprint density at radius 3 is 1.36 bits per heavy atom. The molecule has 0 amide bonds. The van der Waals surface area contributed by atoms with Gasteiger partial charge in [-0.3, -0.25) is 9.11 Å². The van der Waals surface area contributed by atoms with Gasteiger partial charge in [0.2, 0.25) is 0 Å². The zero-order valence-electron chi connectivity index (χ0n) is 6.10. The molecule has 0 aromatic heterocycles. The van der Waals surface area contributed by atoms with E-state index in [4.69, 9.17) is 17.5 Å². The molecule has 2 N–H and O–H groups in total. The first-order valence-electron chi connectivity index (χ1n) is 3.35. The molecule has 1 aliphatic carbocycles. The van der Waals surface area contributed by atoms with E-state index in [2.05, 4.69) is 12.2 Å². The summed E-state index contributed by atoms with van der Waals surface area (Å²) in [5.74, 6) is 0. The van der Waals surface area contributed by atoms with Crippen LogP contribution in [0.25, 0.3) is 0 Å². The van der Waals surface area contributed by atoms with E-state index < -0.39 is 10.4 Å². The predicted molar refractivity (Wildman–Crippen MR) is 41.8 cm³/mol. The zero-order valence-corrected chi connectivity index (χ0v) is 6.92. The molecule has 0 fully saturated rings. The second kappa shape index (κ2) is 5.29. The molecule has 0 radical (unpaired) electrons. The molecular formula is C6H12O4S. The standard InChI is InChI=1S/C6H10.H2O4S/c1-2-4-6-5-3-1;1-5(2,3)4/h1-2H,3-6H2;(H2,1,2,3,4). The van der Waals surface area contributed by atoms with Gasteiger partial charge in [0, 0.05) is 0 Å². The van der Waals surface area contributed by atoms with Crippen molar-refractivity contribution in [2.75, 3.05) is 0 Å². The van der Waals surface area contributed by atoms with Crippen LogP contribution in [0.1, 0.15) is 25.7 Å². The summed E-state index contributed by atoms with van der Waals surface area (Å²) in [6, 6.07) is 0. The molecule has 4 nitrogen and oxygen atoms in total. The van der Waals surface area contributed by atoms with E-state index in [0.717, 1.165) is 0 Å². The molecule has 1 rings (SSSR count). The van der Waals surface area contributed by atoms with Crippen LogP contribution in [0.2, 0.25) is 0 Å². The molecule has 0 aromatic rings. The number of hydrogen-bond acceptors (Lipinski definition) is 2. The fourth-order valence-corrected chi connectivity index (χ4v) is 0.760. The van der Waals surface area contributed by atoms with Gasteiger partial charge in [0.1, 0.15) is 0 Å². The zero-order chi connectivity index (χ0) is 8.74. The van der Waals surface area contributed by atoms with Crippen LogP contribution in [0, 0.1) is 0 Å². The Balaban J connectivity index is 0.000000187. The van der Waals surface area contributed by atoms with E-state index in [1.165, 1.54) is 25.7 Å². The van der Waals surface area contributed by atoms with E-state index in [-0.39, 0.29) is 0 Å². The highest BCUT2D eigenvalue weighted by Crippen LogP contribution is 2.07. The lowest BCUT2D eigenvalue weighted by atomic mass is 10.1. The Hall–Kier alpha value is -0.390. The van der Waals surface area contributed by atoms with Crippen molar-refractivity contribution in [1.82, 2.24) is 0 Å². The largest absolute Gasteiger partial charge is 0.394 e. The summed E-state index contributed by atoms with van der Waals surface area (Å²) in [6.07, 6.45) is 10.0. The van der Waals surface area contributed by atoms with Crippen molar-refractivity contribution in [2.24, 2.45) is 0 Å². The number of allylic oxidation sites excluding steroid dienone is 2. The van der Waals surface area contributed by atoms with Crippen LogP contribution < -0.4 is 0 Å². The lowest BCUT2D eigenvalue weighted by Gasteiger charge is -1.97. The van der Waals surface area contributed by atoms with Gasteiger partial charge in [0.25, 0.3) is 0 Å². The van der Waals surface area contributed by atoms with Gasteiger partial charge >= 0.3 is 10.4 Å². The third-order valence-corrected chi connectivity index (χ3v) is 1.16. The minimum absolute atomic E-state index is 1.32. The molecule has 0 unspecified atom stereocenters. The number of hydrogen-bond donors (Lipinski definition) is 2. The first-order chi connectivity index (χ1) is 5.00. The van der Waals surface area contributed by atoms with Gasteiger partial charge in [-0.05, 0) is 25.7 Å². The molecule has 0 spiro atoms. The summed E-state index contributed by atoms with van der Waals surface area (Å²) in [4.78, 5) is 0. The van der Waals surface area contributed by atoms with Crippen molar-refractivity contribution in [2.45, 2.75) is 25.7 Å². The fourth-order valence-electron chi connectivity index (χ4n) is 0.760. The van der Waals surface area contributed by atoms with Gasteiger partial charge in [-0.1, -0.05) is 12.2 Å². The Bertz CT molecular complexity index is 189. The molecule has 66 valence electrons. The smallest absolute Gasteiger partial charge is 0.264 e. The molecule has 11 heavy (non-hydrogen) atoms. The molecular weight excluding hydrogens is 168 g/mol. The average molecular weight is 180 g/mol. The third kappa shape index (κ3) is 17.7. The highest BCUT2D eigenvalue weighted by atomic mass is 32.3. The first-order valence-corrected chi connectivity index (χ1v) is 4.75. The monoisotopic (exact) mass is 180 g/mol. The topological polar surface area (TPSA) is 74.6 Å². The lowest BCUT2D eigenvalue weighted by molar-refractivity contribution is 0.381. The van der Waals surface area contributed by atoms with Crippen molar-refractivity contribution in [3.8, 4) is 0 Å². The van der Waals surface area contributed by atoms with Crippen LogP contribution in [-0.4, -0.2) is 17.5 Å².